The predicted molar refractivity (Wildman–Crippen MR) is 112 cm³/mol. The summed E-state index contributed by atoms with van der Waals surface area (Å²) in [6.07, 6.45) is 1.82. The monoisotopic (exact) mass is 376 g/mol. The van der Waals surface area contributed by atoms with Crippen LogP contribution in [0.1, 0.15) is 32.3 Å². The molecule has 0 saturated carbocycles. The van der Waals surface area contributed by atoms with Gasteiger partial charge in [0.25, 0.3) is 0 Å². The Morgan fingerprint density at radius 1 is 1.26 bits per heavy atom. The molecule has 1 atom stereocenters. The highest BCUT2D eigenvalue weighted by atomic mass is 16.5. The second-order valence-corrected chi connectivity index (χ2v) is 7.31. The third kappa shape index (κ3) is 8.18. The highest BCUT2D eigenvalue weighted by Crippen LogP contribution is 2.17. The molecule has 2 N–H and O–H groups in total. The Kier molecular flexibility index (Phi) is 9.42. The van der Waals surface area contributed by atoms with E-state index < -0.39 is 0 Å². The molecular weight excluding hydrogens is 340 g/mol. The Labute approximate surface area is 164 Å². The summed E-state index contributed by atoms with van der Waals surface area (Å²) in [5, 5.41) is 5.91. The van der Waals surface area contributed by atoms with Crippen LogP contribution in [0.2, 0.25) is 0 Å². The summed E-state index contributed by atoms with van der Waals surface area (Å²) in [7, 11) is 0. The van der Waals surface area contributed by atoms with Crippen LogP contribution in [0.4, 0.5) is 10.5 Å². The van der Waals surface area contributed by atoms with Gasteiger partial charge in [-0.15, -0.1) is 0 Å². The van der Waals surface area contributed by atoms with Gasteiger partial charge in [-0.25, -0.2) is 4.79 Å². The largest absolute Gasteiger partial charge is 0.382 e. The van der Waals surface area contributed by atoms with Gasteiger partial charge in [-0.3, -0.25) is 4.90 Å². The van der Waals surface area contributed by atoms with Crippen LogP contribution in [-0.2, 0) is 4.74 Å². The van der Waals surface area contributed by atoms with Gasteiger partial charge in [0.05, 0.1) is 0 Å². The van der Waals surface area contributed by atoms with Crippen LogP contribution in [0.5, 0.6) is 0 Å². The first-order chi connectivity index (χ1) is 13.1. The van der Waals surface area contributed by atoms with Crippen LogP contribution in [0, 0.1) is 6.92 Å². The molecule has 0 bridgehead atoms. The van der Waals surface area contributed by atoms with Crippen molar-refractivity contribution in [3.63, 3.8) is 0 Å². The fourth-order valence-corrected chi connectivity index (χ4v) is 3.30. The number of urea groups is 1. The van der Waals surface area contributed by atoms with E-state index >= 15 is 0 Å². The maximum atomic E-state index is 11.9. The van der Waals surface area contributed by atoms with Crippen molar-refractivity contribution in [3.05, 3.63) is 29.8 Å². The first-order valence-electron chi connectivity index (χ1n) is 10.2. The van der Waals surface area contributed by atoms with E-state index in [0.717, 1.165) is 52.2 Å². The second-order valence-electron chi connectivity index (χ2n) is 7.31. The highest BCUT2D eigenvalue weighted by Gasteiger charge is 2.18. The van der Waals surface area contributed by atoms with Gasteiger partial charge in [0.2, 0.25) is 0 Å². The lowest BCUT2D eigenvalue weighted by Gasteiger charge is -2.36. The summed E-state index contributed by atoms with van der Waals surface area (Å²) >= 11 is 0. The standard InChI is InChI=1S/C21H36N4O2/c1-4-27-16-6-10-22-21(26)23-19(3)9-11-24-12-14-25(15-13-24)20-8-5-7-18(2)17-20/h5,7-8,17,19H,4,6,9-16H2,1-3H3,(H2,22,23,26). The van der Waals surface area contributed by atoms with Gasteiger partial charge >= 0.3 is 6.03 Å². The molecule has 2 rings (SSSR count). The lowest BCUT2D eigenvalue weighted by atomic mass is 10.1. The van der Waals surface area contributed by atoms with Crippen LogP contribution in [0.3, 0.4) is 0 Å². The zero-order chi connectivity index (χ0) is 19.5. The van der Waals surface area contributed by atoms with E-state index in [2.05, 4.69) is 58.5 Å². The van der Waals surface area contributed by atoms with Gasteiger partial charge in [-0.05, 0) is 51.3 Å². The minimum Gasteiger partial charge on any atom is -0.382 e. The molecule has 1 heterocycles. The molecule has 1 aromatic carbocycles. The Bertz CT molecular complexity index is 559. The van der Waals surface area contributed by atoms with Crippen LogP contribution < -0.4 is 15.5 Å². The molecule has 0 aromatic heterocycles. The molecule has 2 amide bonds. The van der Waals surface area contributed by atoms with E-state index in [0.29, 0.717) is 13.2 Å². The van der Waals surface area contributed by atoms with Crippen LogP contribution in [0.25, 0.3) is 0 Å². The molecule has 6 heteroatoms. The summed E-state index contributed by atoms with van der Waals surface area (Å²) in [6, 6.07) is 8.82. The number of nitrogens with zero attached hydrogens (tertiary/aromatic N) is 2. The fraction of sp³-hybridized carbons (Fsp3) is 0.667. The molecule has 1 unspecified atom stereocenters. The van der Waals surface area contributed by atoms with Gasteiger partial charge in [0, 0.05) is 64.2 Å². The molecule has 1 aromatic rings. The Morgan fingerprint density at radius 3 is 2.74 bits per heavy atom. The van der Waals surface area contributed by atoms with Gasteiger partial charge in [0.15, 0.2) is 0 Å². The van der Waals surface area contributed by atoms with Gasteiger partial charge in [-0.2, -0.15) is 0 Å². The topological polar surface area (TPSA) is 56.8 Å². The van der Waals surface area contributed by atoms with Gasteiger partial charge < -0.3 is 20.3 Å². The lowest BCUT2D eigenvalue weighted by molar-refractivity contribution is 0.145. The molecule has 0 aliphatic carbocycles. The van der Waals surface area contributed by atoms with Crippen molar-refractivity contribution < 1.29 is 9.53 Å². The number of anilines is 1. The number of hydrogen-bond donors (Lipinski definition) is 2. The van der Waals surface area contributed by atoms with Crippen molar-refractivity contribution >= 4 is 11.7 Å². The molecule has 0 radical (unpaired) electrons. The zero-order valence-electron chi connectivity index (χ0n) is 17.2. The number of piperazine rings is 1. The molecule has 6 nitrogen and oxygen atoms in total. The minimum atomic E-state index is -0.0803. The van der Waals surface area contributed by atoms with E-state index in [1.807, 2.05) is 6.92 Å². The maximum Gasteiger partial charge on any atom is 0.314 e. The number of carbonyl (C=O) groups is 1. The number of ether oxygens (including phenoxy) is 1. The second kappa shape index (κ2) is 11.8. The number of amides is 2. The van der Waals surface area contributed by atoms with E-state index in [4.69, 9.17) is 4.74 Å². The first-order valence-corrected chi connectivity index (χ1v) is 10.2. The summed E-state index contributed by atoms with van der Waals surface area (Å²) in [5.74, 6) is 0. The van der Waals surface area contributed by atoms with Crippen molar-refractivity contribution in [3.8, 4) is 0 Å². The molecular formula is C21H36N4O2. The smallest absolute Gasteiger partial charge is 0.314 e. The summed E-state index contributed by atoms with van der Waals surface area (Å²) < 4.78 is 5.26. The van der Waals surface area contributed by atoms with Gasteiger partial charge in [-0.1, -0.05) is 12.1 Å². The van der Waals surface area contributed by atoms with Crippen molar-refractivity contribution in [2.75, 3.05) is 57.4 Å². The normalized spacial score (nSPS) is 16.2. The third-order valence-corrected chi connectivity index (χ3v) is 4.95. The predicted octanol–water partition coefficient (Wildman–Crippen LogP) is 2.62. The Balaban J connectivity index is 1.58. The van der Waals surface area contributed by atoms with Crippen LogP contribution in [-0.4, -0.2) is 69.5 Å². The molecule has 1 saturated heterocycles. The fourth-order valence-electron chi connectivity index (χ4n) is 3.30. The zero-order valence-corrected chi connectivity index (χ0v) is 17.2. The van der Waals surface area contributed by atoms with Gasteiger partial charge in [0.1, 0.15) is 0 Å². The van der Waals surface area contributed by atoms with Crippen molar-refractivity contribution in [2.45, 2.75) is 39.7 Å². The summed E-state index contributed by atoms with van der Waals surface area (Å²) in [5.41, 5.74) is 2.64. The first kappa shape index (κ1) is 21.5. The molecule has 1 aliphatic heterocycles. The van der Waals surface area contributed by atoms with E-state index in [1.165, 1.54) is 11.3 Å². The van der Waals surface area contributed by atoms with Crippen molar-refractivity contribution in [1.29, 1.82) is 0 Å². The molecule has 0 spiro atoms. The number of benzene rings is 1. The van der Waals surface area contributed by atoms with Crippen LogP contribution in [0.15, 0.2) is 24.3 Å². The highest BCUT2D eigenvalue weighted by molar-refractivity contribution is 5.74. The minimum absolute atomic E-state index is 0.0803. The average molecular weight is 377 g/mol. The summed E-state index contributed by atoms with van der Waals surface area (Å²) in [4.78, 5) is 16.8. The van der Waals surface area contributed by atoms with E-state index in [-0.39, 0.29) is 12.1 Å². The molecule has 1 aliphatic rings. The Morgan fingerprint density at radius 2 is 2.04 bits per heavy atom. The van der Waals surface area contributed by atoms with Crippen LogP contribution >= 0.6 is 0 Å². The number of rotatable bonds is 10. The summed E-state index contributed by atoms with van der Waals surface area (Å²) in [6.45, 7) is 13.6. The third-order valence-electron chi connectivity index (χ3n) is 4.95. The van der Waals surface area contributed by atoms with E-state index in [1.54, 1.807) is 0 Å². The molecule has 1 fully saturated rings. The van der Waals surface area contributed by atoms with Crippen molar-refractivity contribution in [2.24, 2.45) is 0 Å². The van der Waals surface area contributed by atoms with Crippen molar-refractivity contribution in [1.82, 2.24) is 15.5 Å². The SMILES string of the molecule is CCOCCCNC(=O)NC(C)CCN1CCN(c2cccc(C)c2)CC1. The average Bonchev–Trinajstić information content (AvgIpc) is 2.66. The molecule has 152 valence electrons. The Hall–Kier alpha value is -1.79. The quantitative estimate of drug-likeness (QED) is 0.617. The number of nitrogens with one attached hydrogen (secondary N) is 2. The maximum absolute atomic E-state index is 11.9. The van der Waals surface area contributed by atoms with E-state index in [9.17, 15) is 4.79 Å². The lowest BCUT2D eigenvalue weighted by Crippen LogP contribution is -2.48. The molecule has 27 heavy (non-hydrogen) atoms. The number of aryl methyl sites for hydroxylation is 1. The number of hydrogen-bond acceptors (Lipinski definition) is 4. The number of carbonyl (C=O) groups excluding carboxylic acids is 1.